The van der Waals surface area contributed by atoms with E-state index >= 15 is 0 Å². The van der Waals surface area contributed by atoms with Crippen molar-refractivity contribution in [3.05, 3.63) is 117 Å². The normalized spacial score (nSPS) is 11.8. The van der Waals surface area contributed by atoms with E-state index in [0.717, 1.165) is 0 Å². The lowest BCUT2D eigenvalue weighted by Crippen LogP contribution is -2.44. The molecule has 0 radical (unpaired) electrons. The van der Waals surface area contributed by atoms with Crippen molar-refractivity contribution in [2.45, 2.75) is 22.3 Å². The second-order valence-electron chi connectivity index (χ2n) is 8.90. The Kier molecular flexibility index (Phi) is 9.74. The number of anilines is 2. The van der Waals surface area contributed by atoms with E-state index in [9.17, 15) is 27.9 Å². The number of hydrogen-bond acceptors (Lipinski definition) is 5. The largest absolute Gasteiger partial charge is 0.480 e. The molecular weight excluding hydrogens is 625 g/mol. The van der Waals surface area contributed by atoms with E-state index in [1.807, 2.05) is 0 Å². The number of carbonyl (C=O) groups is 3. The summed E-state index contributed by atoms with van der Waals surface area (Å²) in [6.45, 7) is 0. The molecule has 0 aliphatic rings. The number of aliphatic carboxylic acids is 1. The van der Waals surface area contributed by atoms with Crippen LogP contribution in [0.3, 0.4) is 0 Å². The van der Waals surface area contributed by atoms with E-state index in [1.54, 1.807) is 48.5 Å². The van der Waals surface area contributed by atoms with Gasteiger partial charge >= 0.3 is 12.0 Å². The van der Waals surface area contributed by atoms with Crippen molar-refractivity contribution in [1.82, 2.24) is 5.32 Å². The van der Waals surface area contributed by atoms with E-state index in [4.69, 9.17) is 34.8 Å². The molecule has 1 atom stereocenters. The van der Waals surface area contributed by atoms with Crippen LogP contribution in [0.15, 0.2) is 101 Å². The van der Waals surface area contributed by atoms with Crippen LogP contribution in [-0.4, -0.2) is 37.5 Å². The van der Waals surface area contributed by atoms with Gasteiger partial charge in [0.05, 0.1) is 31.1 Å². The molecule has 13 heteroatoms. The van der Waals surface area contributed by atoms with Crippen molar-refractivity contribution in [2.75, 3.05) is 10.6 Å². The summed E-state index contributed by atoms with van der Waals surface area (Å²) < 4.78 is 26.4. The highest BCUT2D eigenvalue weighted by molar-refractivity contribution is 7.91. The van der Waals surface area contributed by atoms with Crippen LogP contribution in [0.1, 0.15) is 15.9 Å². The number of carbonyl (C=O) groups excluding carboxylic acids is 2. The Balaban J connectivity index is 1.45. The van der Waals surface area contributed by atoms with Gasteiger partial charge in [-0.1, -0.05) is 71.2 Å². The van der Waals surface area contributed by atoms with Gasteiger partial charge < -0.3 is 21.1 Å². The SMILES string of the molecule is O=C(Nc1cc(Cl)ccc1S(=O)(=O)c1ccccc1)N[C@@H](Cc1ccc(NC(=O)c2c(Cl)cccc2Cl)cc1)C(=O)O. The van der Waals surface area contributed by atoms with Gasteiger partial charge in [0.2, 0.25) is 9.84 Å². The molecule has 0 saturated carbocycles. The fourth-order valence-electron chi connectivity index (χ4n) is 3.95. The molecule has 0 saturated heterocycles. The monoisotopic (exact) mass is 645 g/mol. The highest BCUT2D eigenvalue weighted by atomic mass is 35.5. The molecule has 3 amide bonds. The molecule has 0 unspecified atom stereocenters. The number of urea groups is 1. The number of hydrogen-bond donors (Lipinski definition) is 4. The molecule has 0 aliphatic carbocycles. The van der Waals surface area contributed by atoms with Gasteiger partial charge in [-0.3, -0.25) is 4.79 Å². The second-order valence-corrected chi connectivity index (χ2v) is 12.1. The Morgan fingerprint density at radius 2 is 1.43 bits per heavy atom. The van der Waals surface area contributed by atoms with Gasteiger partial charge in [-0.25, -0.2) is 18.0 Å². The summed E-state index contributed by atoms with van der Waals surface area (Å²) in [4.78, 5) is 37.2. The first-order valence-electron chi connectivity index (χ1n) is 12.2. The highest BCUT2D eigenvalue weighted by Crippen LogP contribution is 2.30. The molecule has 0 heterocycles. The van der Waals surface area contributed by atoms with Gasteiger partial charge in [0, 0.05) is 17.1 Å². The van der Waals surface area contributed by atoms with Crippen LogP contribution in [-0.2, 0) is 21.1 Å². The molecular formula is C29H22Cl3N3O6S. The quantitative estimate of drug-likeness (QED) is 0.163. The van der Waals surface area contributed by atoms with Crippen LogP contribution in [0.5, 0.6) is 0 Å². The van der Waals surface area contributed by atoms with E-state index in [0.29, 0.717) is 11.3 Å². The van der Waals surface area contributed by atoms with Crippen molar-refractivity contribution in [3.8, 4) is 0 Å². The minimum atomic E-state index is -4.02. The van der Waals surface area contributed by atoms with Crippen molar-refractivity contribution in [3.63, 3.8) is 0 Å². The summed E-state index contributed by atoms with van der Waals surface area (Å²) >= 11 is 18.2. The average Bonchev–Trinajstić information content (AvgIpc) is 2.94. The zero-order valence-electron chi connectivity index (χ0n) is 21.5. The fraction of sp³-hybridized carbons (Fsp3) is 0.0690. The van der Waals surface area contributed by atoms with Gasteiger partial charge in [-0.15, -0.1) is 0 Å². The highest BCUT2D eigenvalue weighted by Gasteiger charge is 2.25. The molecule has 0 fully saturated rings. The number of carboxylic acids is 1. The minimum absolute atomic E-state index is 0.00814. The molecule has 0 aromatic heterocycles. The molecule has 4 rings (SSSR count). The number of nitrogens with one attached hydrogen (secondary N) is 3. The number of amides is 3. The van der Waals surface area contributed by atoms with Gasteiger partial charge in [0.15, 0.2) is 0 Å². The molecule has 4 N–H and O–H groups in total. The van der Waals surface area contributed by atoms with Crippen LogP contribution in [0.25, 0.3) is 0 Å². The van der Waals surface area contributed by atoms with Gasteiger partial charge in [0.25, 0.3) is 5.91 Å². The zero-order chi connectivity index (χ0) is 30.4. The van der Waals surface area contributed by atoms with Crippen molar-refractivity contribution in [1.29, 1.82) is 0 Å². The first kappa shape index (κ1) is 30.9. The van der Waals surface area contributed by atoms with Crippen LogP contribution in [0.2, 0.25) is 15.1 Å². The van der Waals surface area contributed by atoms with Gasteiger partial charge in [0.1, 0.15) is 6.04 Å². The fourth-order valence-corrected chi connectivity index (χ4v) is 6.10. The maximum absolute atomic E-state index is 13.2. The van der Waals surface area contributed by atoms with Crippen molar-refractivity contribution >= 4 is 73.9 Å². The smallest absolute Gasteiger partial charge is 0.326 e. The second kappa shape index (κ2) is 13.3. The topological polar surface area (TPSA) is 142 Å². The number of carboxylic acid groups (broad SMARTS) is 1. The zero-order valence-corrected chi connectivity index (χ0v) is 24.6. The van der Waals surface area contributed by atoms with Crippen LogP contribution in [0, 0.1) is 0 Å². The first-order valence-corrected chi connectivity index (χ1v) is 14.8. The number of benzene rings is 4. The standard InChI is InChI=1S/C29H22Cl3N3O6S/c30-18-11-14-25(42(40,41)20-5-2-1-3-6-20)23(16-18)34-29(39)35-24(28(37)38)15-17-9-12-19(13-10-17)33-27(36)26-21(31)7-4-8-22(26)32/h1-14,16,24H,15H2,(H,33,36)(H,37,38)(H2,34,35,39)/t24-/m0/s1. The predicted octanol–water partition coefficient (Wildman–Crippen LogP) is 6.55. The van der Waals surface area contributed by atoms with E-state index in [-0.39, 0.29) is 42.5 Å². The maximum atomic E-state index is 13.2. The average molecular weight is 647 g/mol. The van der Waals surface area contributed by atoms with Gasteiger partial charge in [-0.2, -0.15) is 0 Å². The lowest BCUT2D eigenvalue weighted by molar-refractivity contribution is -0.139. The number of halogens is 3. The molecule has 0 spiro atoms. The molecule has 9 nitrogen and oxygen atoms in total. The van der Waals surface area contributed by atoms with E-state index in [1.165, 1.54) is 42.5 Å². The Morgan fingerprint density at radius 1 is 0.786 bits per heavy atom. The van der Waals surface area contributed by atoms with Crippen molar-refractivity contribution in [2.24, 2.45) is 0 Å². The summed E-state index contributed by atoms with van der Waals surface area (Å²) in [6.07, 6.45) is -0.113. The predicted molar refractivity (Wildman–Crippen MR) is 161 cm³/mol. The summed E-state index contributed by atoms with van der Waals surface area (Å²) in [5.41, 5.74) is 0.939. The molecule has 4 aromatic carbocycles. The summed E-state index contributed by atoms with van der Waals surface area (Å²) in [7, 11) is -4.02. The lowest BCUT2D eigenvalue weighted by atomic mass is 10.1. The Morgan fingerprint density at radius 3 is 2.05 bits per heavy atom. The third kappa shape index (κ3) is 7.40. The van der Waals surface area contributed by atoms with E-state index in [2.05, 4.69) is 16.0 Å². The molecule has 42 heavy (non-hydrogen) atoms. The third-order valence-electron chi connectivity index (χ3n) is 5.98. The maximum Gasteiger partial charge on any atom is 0.326 e. The summed E-state index contributed by atoms with van der Waals surface area (Å²) in [6, 6.07) is 20.2. The van der Waals surface area contributed by atoms with Crippen LogP contribution < -0.4 is 16.0 Å². The van der Waals surface area contributed by atoms with Crippen molar-refractivity contribution < 1.29 is 27.9 Å². The Labute approximate surface area is 256 Å². The molecule has 216 valence electrons. The summed E-state index contributed by atoms with van der Waals surface area (Å²) in [5, 5.41) is 17.7. The van der Waals surface area contributed by atoms with E-state index < -0.39 is 33.8 Å². The lowest BCUT2D eigenvalue weighted by Gasteiger charge is -2.17. The summed E-state index contributed by atoms with van der Waals surface area (Å²) in [5.74, 6) is -1.84. The molecule has 4 aromatic rings. The minimum Gasteiger partial charge on any atom is -0.480 e. The first-order chi connectivity index (χ1) is 20.0. The molecule has 0 aliphatic heterocycles. The number of sulfone groups is 1. The number of rotatable bonds is 9. The molecule has 0 bridgehead atoms. The third-order valence-corrected chi connectivity index (χ3v) is 8.67. The Bertz CT molecular complexity index is 1730. The van der Waals surface area contributed by atoms with Crippen LogP contribution >= 0.6 is 34.8 Å². The Hall–Kier alpha value is -4.09. The van der Waals surface area contributed by atoms with Gasteiger partial charge in [-0.05, 0) is 60.2 Å². The van der Waals surface area contributed by atoms with Crippen LogP contribution in [0.4, 0.5) is 16.2 Å².